The molecule has 6 aliphatic carbocycles. The van der Waals surface area contributed by atoms with Gasteiger partial charge in [-0.05, 0) is 75.6 Å². The Hall–Kier alpha value is -8.80. The summed E-state index contributed by atoms with van der Waals surface area (Å²) in [6, 6.07) is 75.0. The molecule has 96 heavy (non-hydrogen) atoms. The fourth-order valence-corrected chi connectivity index (χ4v) is 22.4. The maximum absolute atomic E-state index is 3.07. The van der Waals surface area contributed by atoms with Gasteiger partial charge >= 0.3 is 359 Å². The van der Waals surface area contributed by atoms with Crippen LogP contribution < -0.4 is 26.2 Å². The number of rotatable bonds is 9. The summed E-state index contributed by atoms with van der Waals surface area (Å²) in [5.74, 6) is 1.72. The van der Waals surface area contributed by atoms with Crippen molar-refractivity contribution in [2.75, 3.05) is 9.80 Å². The second-order valence-electron chi connectivity index (χ2n) is 29.3. The zero-order chi connectivity index (χ0) is 63.0. The third-order valence-electron chi connectivity index (χ3n) is 24.3. The van der Waals surface area contributed by atoms with Crippen LogP contribution in [0.25, 0.3) is 85.4 Å². The molecule has 12 aromatic rings. The number of anilines is 4. The van der Waals surface area contributed by atoms with E-state index in [0.29, 0.717) is 23.7 Å². The van der Waals surface area contributed by atoms with Crippen molar-refractivity contribution in [2.45, 2.75) is 128 Å². The SMILES string of the molecule is C1=CCC(C2=CCCC(C3=CCCCC3)C2N2c3cc(-n4c5ccccc5c5ccccc54)ccc3B3c4ccc(-n5c6ccccc6c6ccccc65)cc4N(C4C(C5CC=CCC5)=CCCC4C4=CCCCC4)c4cc(-c5ccc6[se]c7ccccc7c6c5)cc2c43)CC1. The van der Waals surface area contributed by atoms with Gasteiger partial charge in [-0.3, -0.25) is 0 Å². The Morgan fingerprint density at radius 3 is 1.29 bits per heavy atom. The smallest absolute Gasteiger partial charge is 0.0345 e. The van der Waals surface area contributed by atoms with Crippen LogP contribution in [0.4, 0.5) is 22.7 Å². The molecule has 9 aromatic carbocycles. The van der Waals surface area contributed by atoms with Gasteiger partial charge in [0.2, 0.25) is 0 Å². The van der Waals surface area contributed by atoms with Gasteiger partial charge in [-0.2, -0.15) is 0 Å². The average Bonchev–Trinajstić information content (AvgIpc) is 0.834. The first kappa shape index (κ1) is 57.5. The van der Waals surface area contributed by atoms with Crippen LogP contribution >= 0.6 is 0 Å². The minimum atomic E-state index is -0.0440. The first-order valence-electron chi connectivity index (χ1n) is 36.7. The van der Waals surface area contributed by atoms with Crippen LogP contribution in [0.1, 0.15) is 116 Å². The van der Waals surface area contributed by atoms with E-state index >= 15 is 0 Å². The van der Waals surface area contributed by atoms with Crippen LogP contribution in [0.15, 0.2) is 259 Å². The monoisotopic (exact) mass is 1310 g/mol. The third kappa shape index (κ3) is 9.13. The number of benzene rings is 9. The number of hydrogen-bond acceptors (Lipinski definition) is 2. The van der Waals surface area contributed by atoms with Crippen LogP contribution in [0.2, 0.25) is 0 Å². The van der Waals surface area contributed by atoms with Gasteiger partial charge < -0.3 is 0 Å². The van der Waals surface area contributed by atoms with Gasteiger partial charge in [-0.15, -0.1) is 0 Å². The van der Waals surface area contributed by atoms with Crippen LogP contribution in [0, 0.1) is 23.7 Å². The van der Waals surface area contributed by atoms with E-state index in [9.17, 15) is 0 Å². The Balaban J connectivity index is 0.928. The normalized spacial score (nSPS) is 22.6. The molecule has 2 aliphatic heterocycles. The summed E-state index contributed by atoms with van der Waals surface area (Å²) in [4.78, 5) is 6.14. The first-order chi connectivity index (χ1) is 47.7. The molecule has 0 bridgehead atoms. The summed E-state index contributed by atoms with van der Waals surface area (Å²) in [5.41, 5.74) is 26.8. The van der Waals surface area contributed by atoms with Crippen molar-refractivity contribution in [2.24, 2.45) is 23.7 Å². The molecule has 20 rings (SSSR count). The van der Waals surface area contributed by atoms with Crippen molar-refractivity contribution >= 4 is 123 Å². The van der Waals surface area contributed by atoms with E-state index in [2.05, 4.69) is 256 Å². The van der Waals surface area contributed by atoms with E-state index in [1.54, 1.807) is 22.3 Å². The first-order valence-corrected chi connectivity index (χ1v) is 38.4. The fourth-order valence-electron chi connectivity index (χ4n) is 20.1. The molecular weight excluding hydrogens is 1230 g/mol. The second-order valence-corrected chi connectivity index (χ2v) is 31.6. The van der Waals surface area contributed by atoms with Crippen LogP contribution in [0.3, 0.4) is 0 Å². The topological polar surface area (TPSA) is 16.3 Å². The minimum absolute atomic E-state index is 0.0440. The van der Waals surface area contributed by atoms with Crippen molar-refractivity contribution in [1.82, 2.24) is 9.13 Å². The fraction of sp³-hybridized carbons (Fsp3) is 0.267. The van der Waals surface area contributed by atoms with Gasteiger partial charge in [0.25, 0.3) is 0 Å². The zero-order valence-corrected chi connectivity index (χ0v) is 56.7. The van der Waals surface area contributed by atoms with E-state index in [1.165, 1.54) is 202 Å². The zero-order valence-electron chi connectivity index (χ0n) is 55.0. The number of nitrogens with zero attached hydrogens (tertiary/aromatic N) is 4. The van der Waals surface area contributed by atoms with Crippen molar-refractivity contribution < 1.29 is 0 Å². The Morgan fingerprint density at radius 1 is 0.354 bits per heavy atom. The summed E-state index contributed by atoms with van der Waals surface area (Å²) < 4.78 is 8.19. The molecule has 5 heterocycles. The van der Waals surface area contributed by atoms with Crippen molar-refractivity contribution in [3.05, 3.63) is 259 Å². The minimum Gasteiger partial charge on any atom is -0.0345 e. The molecule has 4 nitrogen and oxygen atoms in total. The predicted molar refractivity (Wildman–Crippen MR) is 410 cm³/mol. The second kappa shape index (κ2) is 23.5. The summed E-state index contributed by atoms with van der Waals surface area (Å²) in [7, 11) is 0. The predicted octanol–water partition coefficient (Wildman–Crippen LogP) is 21.5. The molecule has 0 saturated heterocycles. The molecule has 0 radical (unpaired) electrons. The Kier molecular flexibility index (Phi) is 14.1. The van der Waals surface area contributed by atoms with Crippen molar-refractivity contribution in [3.8, 4) is 22.5 Å². The summed E-state index contributed by atoms with van der Waals surface area (Å²) in [6.45, 7) is -0.0440. The molecule has 6 unspecified atom stereocenters. The van der Waals surface area contributed by atoms with Gasteiger partial charge in [0.15, 0.2) is 0 Å². The van der Waals surface area contributed by atoms with Gasteiger partial charge in [0.05, 0.1) is 22.1 Å². The van der Waals surface area contributed by atoms with Gasteiger partial charge in [0, 0.05) is 21.5 Å². The average molecular weight is 1310 g/mol. The third-order valence-corrected chi connectivity index (χ3v) is 26.7. The molecule has 6 heteroatoms. The van der Waals surface area contributed by atoms with E-state index in [-0.39, 0.29) is 33.3 Å². The molecule has 0 spiro atoms. The number of hydrogen-bond donors (Lipinski definition) is 0. The summed E-state index contributed by atoms with van der Waals surface area (Å²) >= 11 is 0.268. The van der Waals surface area contributed by atoms with Crippen LogP contribution in [-0.4, -0.2) is 42.4 Å². The van der Waals surface area contributed by atoms with Crippen LogP contribution in [-0.2, 0) is 0 Å². The summed E-state index contributed by atoms with van der Waals surface area (Å²) in [6.07, 6.45) is 42.4. The van der Waals surface area contributed by atoms with Crippen molar-refractivity contribution in [3.63, 3.8) is 0 Å². The van der Waals surface area contributed by atoms with Gasteiger partial charge in [-0.1, -0.05) is 97.1 Å². The molecule has 8 aliphatic rings. The van der Waals surface area contributed by atoms with E-state index in [4.69, 9.17) is 0 Å². The molecule has 0 saturated carbocycles. The molecule has 0 fully saturated rings. The van der Waals surface area contributed by atoms with Gasteiger partial charge in [-0.25, -0.2) is 0 Å². The molecule has 3 aromatic heterocycles. The van der Waals surface area contributed by atoms with E-state index in [0.717, 1.165) is 38.5 Å². The summed E-state index contributed by atoms with van der Waals surface area (Å²) in [5, 5.41) is 8.04. The molecule has 0 N–H and O–H groups in total. The Bertz CT molecular complexity index is 4990. The van der Waals surface area contributed by atoms with Crippen molar-refractivity contribution in [1.29, 1.82) is 0 Å². The van der Waals surface area contributed by atoms with E-state index in [1.807, 2.05) is 0 Å². The Morgan fingerprint density at radius 2 is 0.823 bits per heavy atom. The van der Waals surface area contributed by atoms with Crippen LogP contribution in [0.5, 0.6) is 0 Å². The molecular formula is C90H81BN4Se. The Labute approximate surface area is 571 Å². The maximum atomic E-state index is 3.07. The number of fused-ring (bicyclic) bond motifs is 13. The molecule has 0 amide bonds. The van der Waals surface area contributed by atoms with Gasteiger partial charge in [0.1, 0.15) is 0 Å². The molecule has 470 valence electrons. The van der Waals surface area contributed by atoms with E-state index < -0.39 is 0 Å². The quantitative estimate of drug-likeness (QED) is 0.106. The molecule has 6 atom stereocenters. The number of para-hydroxylation sites is 4. The number of aromatic nitrogens is 2. The number of allylic oxidation sites excluding steroid dienone is 8. The standard InChI is InChI=1S/C90H81BN4Se/c1-5-25-58(26-6-1)66-38-23-39-67(59-27-7-2-8-28-59)89(66)94-82-56-64(92-78-42-18-13-33-70(78)71-34-14-19-43-79(71)92)48-50-76(82)91-77-51-49-65(93-80-44-20-15-35-72(80)73-36-16-21-45-81(73)93)57-83(77)95(90-68(60-29-9-3-10-30-60)40-24-41-69(90)61-31-11-4-12-32-61)85-55-63(54-84(94)88(85)91)62-47-52-87-75(53-62)74-37-17-22-46-86(74)96-87/h1,3,5,9,13-22,27,31,33-38,40,42-58,60,67,69,89-90H,2,4,6-8,10-12,23-26,28-30,32,39,41H2.